The zero-order valence-corrected chi connectivity index (χ0v) is 9.37. The Morgan fingerprint density at radius 1 is 1.00 bits per heavy atom. The molecular weight excluding hydrogens is 214 g/mol. The molecule has 0 N–H and O–H groups in total. The summed E-state index contributed by atoms with van der Waals surface area (Å²) < 4.78 is 6.94. The molecule has 0 saturated heterocycles. The third-order valence-electron chi connectivity index (χ3n) is 2.67. The van der Waals surface area contributed by atoms with E-state index < -0.39 is 0 Å². The zero-order chi connectivity index (χ0) is 11.7. The molecule has 1 heterocycles. The summed E-state index contributed by atoms with van der Waals surface area (Å²) in [5.41, 5.74) is 2.86. The van der Waals surface area contributed by atoms with Crippen LogP contribution in [0.5, 0.6) is 5.75 Å². The van der Waals surface area contributed by atoms with Crippen LogP contribution >= 0.6 is 0 Å². The lowest BCUT2D eigenvalue weighted by molar-refractivity contribution is 0.414. The van der Waals surface area contributed by atoms with Crippen LogP contribution < -0.4 is 4.74 Å². The zero-order valence-electron chi connectivity index (χ0n) is 9.37. The van der Waals surface area contributed by atoms with Crippen molar-refractivity contribution in [1.82, 2.24) is 15.0 Å². The first-order valence-corrected chi connectivity index (χ1v) is 5.33. The van der Waals surface area contributed by atoms with Crippen LogP contribution in [0.4, 0.5) is 0 Å². The van der Waals surface area contributed by atoms with Gasteiger partial charge in [-0.15, -0.1) is 5.10 Å². The Hall–Kier alpha value is -2.36. The third kappa shape index (κ3) is 1.63. The van der Waals surface area contributed by atoms with E-state index in [1.807, 2.05) is 53.2 Å². The smallest absolute Gasteiger partial charge is 0.119 e. The molecule has 0 spiro atoms. The van der Waals surface area contributed by atoms with E-state index in [4.69, 9.17) is 4.74 Å². The average molecular weight is 225 g/mol. The van der Waals surface area contributed by atoms with Crippen molar-refractivity contribution in [3.8, 4) is 11.4 Å². The standard InChI is InChI=1S/C13H11N3O/c1-17-11-8-6-10(7-9-11)16-13-5-3-2-4-12(13)14-15-16/h2-9H,1H3. The van der Waals surface area contributed by atoms with E-state index in [1.54, 1.807) is 7.11 Å². The van der Waals surface area contributed by atoms with Gasteiger partial charge in [0.2, 0.25) is 0 Å². The summed E-state index contributed by atoms with van der Waals surface area (Å²) in [4.78, 5) is 0. The molecule has 4 heteroatoms. The van der Waals surface area contributed by atoms with E-state index in [-0.39, 0.29) is 0 Å². The van der Waals surface area contributed by atoms with Gasteiger partial charge in [0.05, 0.1) is 18.3 Å². The molecule has 0 aliphatic heterocycles. The first-order valence-electron chi connectivity index (χ1n) is 5.33. The van der Waals surface area contributed by atoms with Crippen molar-refractivity contribution < 1.29 is 4.74 Å². The fourth-order valence-electron chi connectivity index (χ4n) is 1.78. The predicted octanol–water partition coefficient (Wildman–Crippen LogP) is 2.43. The molecule has 2 aromatic carbocycles. The van der Waals surface area contributed by atoms with Crippen LogP contribution in [0.15, 0.2) is 48.5 Å². The number of aromatic nitrogens is 3. The monoisotopic (exact) mass is 225 g/mol. The molecule has 3 aromatic rings. The molecule has 0 saturated carbocycles. The van der Waals surface area contributed by atoms with E-state index in [1.165, 1.54) is 0 Å². The Morgan fingerprint density at radius 2 is 1.76 bits per heavy atom. The number of benzene rings is 2. The van der Waals surface area contributed by atoms with Crippen molar-refractivity contribution in [1.29, 1.82) is 0 Å². The van der Waals surface area contributed by atoms with Crippen molar-refractivity contribution >= 4 is 11.0 Å². The van der Waals surface area contributed by atoms with Crippen LogP contribution in [-0.2, 0) is 0 Å². The summed E-state index contributed by atoms with van der Waals surface area (Å²) in [5, 5.41) is 8.27. The highest BCUT2D eigenvalue weighted by Gasteiger charge is 2.05. The van der Waals surface area contributed by atoms with Crippen LogP contribution in [0.1, 0.15) is 0 Å². The number of hydrogen-bond donors (Lipinski definition) is 0. The lowest BCUT2D eigenvalue weighted by atomic mass is 10.3. The van der Waals surface area contributed by atoms with Gasteiger partial charge < -0.3 is 4.74 Å². The molecule has 0 aliphatic rings. The molecule has 0 atom stereocenters. The molecule has 3 rings (SSSR count). The number of hydrogen-bond acceptors (Lipinski definition) is 3. The van der Waals surface area contributed by atoms with Gasteiger partial charge in [-0.25, -0.2) is 4.68 Å². The maximum absolute atomic E-state index is 5.13. The Morgan fingerprint density at radius 3 is 2.53 bits per heavy atom. The van der Waals surface area contributed by atoms with Gasteiger partial charge in [-0.1, -0.05) is 17.3 Å². The van der Waals surface area contributed by atoms with E-state index in [2.05, 4.69) is 10.3 Å². The fraction of sp³-hybridized carbons (Fsp3) is 0.0769. The van der Waals surface area contributed by atoms with Crippen molar-refractivity contribution in [2.75, 3.05) is 7.11 Å². The second-order valence-electron chi connectivity index (χ2n) is 3.69. The second kappa shape index (κ2) is 3.90. The van der Waals surface area contributed by atoms with Crippen molar-refractivity contribution in [3.05, 3.63) is 48.5 Å². The number of methoxy groups -OCH3 is 1. The summed E-state index contributed by atoms with van der Waals surface area (Å²) in [7, 11) is 1.65. The van der Waals surface area contributed by atoms with Gasteiger partial charge in [-0.3, -0.25) is 0 Å². The van der Waals surface area contributed by atoms with Gasteiger partial charge >= 0.3 is 0 Å². The SMILES string of the molecule is COc1ccc(-n2nnc3ccccc32)cc1. The third-order valence-corrected chi connectivity index (χ3v) is 2.67. The van der Waals surface area contributed by atoms with Crippen LogP contribution in [0, 0.1) is 0 Å². The summed E-state index contributed by atoms with van der Waals surface area (Å²) in [6.45, 7) is 0. The van der Waals surface area contributed by atoms with Crippen molar-refractivity contribution in [2.24, 2.45) is 0 Å². The molecule has 0 fully saturated rings. The molecule has 17 heavy (non-hydrogen) atoms. The largest absolute Gasteiger partial charge is 0.497 e. The molecular formula is C13H11N3O. The molecule has 84 valence electrons. The Bertz CT molecular complexity index is 643. The predicted molar refractivity (Wildman–Crippen MR) is 65.4 cm³/mol. The molecule has 0 radical (unpaired) electrons. The van der Waals surface area contributed by atoms with Gasteiger partial charge in [-0.05, 0) is 36.4 Å². The fourth-order valence-corrected chi connectivity index (χ4v) is 1.78. The number of fused-ring (bicyclic) bond motifs is 1. The topological polar surface area (TPSA) is 39.9 Å². The minimum absolute atomic E-state index is 0.832. The Balaban J connectivity index is 2.13. The number of rotatable bonds is 2. The maximum Gasteiger partial charge on any atom is 0.119 e. The molecule has 0 aliphatic carbocycles. The molecule has 0 amide bonds. The van der Waals surface area contributed by atoms with Crippen molar-refractivity contribution in [3.63, 3.8) is 0 Å². The van der Waals surface area contributed by atoms with Crippen molar-refractivity contribution in [2.45, 2.75) is 0 Å². The highest BCUT2D eigenvalue weighted by molar-refractivity contribution is 5.75. The molecule has 1 aromatic heterocycles. The van der Waals surface area contributed by atoms with Gasteiger partial charge in [0.15, 0.2) is 0 Å². The molecule has 4 nitrogen and oxygen atoms in total. The highest BCUT2D eigenvalue weighted by Crippen LogP contribution is 2.18. The first-order chi connectivity index (χ1) is 8.38. The lowest BCUT2D eigenvalue weighted by Crippen LogP contribution is -1.96. The van der Waals surface area contributed by atoms with Gasteiger partial charge in [-0.2, -0.15) is 0 Å². The van der Waals surface area contributed by atoms with Gasteiger partial charge in [0.1, 0.15) is 11.3 Å². The number of ether oxygens (including phenoxy) is 1. The number of para-hydroxylation sites is 1. The summed E-state index contributed by atoms with van der Waals surface area (Å²) in [5.74, 6) is 0.832. The minimum atomic E-state index is 0.832. The Labute approximate surface area is 98.4 Å². The van der Waals surface area contributed by atoms with E-state index in [0.717, 1.165) is 22.5 Å². The highest BCUT2D eigenvalue weighted by atomic mass is 16.5. The summed E-state index contributed by atoms with van der Waals surface area (Å²) in [6.07, 6.45) is 0. The van der Waals surface area contributed by atoms with E-state index >= 15 is 0 Å². The summed E-state index contributed by atoms with van der Waals surface area (Å²) >= 11 is 0. The van der Waals surface area contributed by atoms with E-state index in [9.17, 15) is 0 Å². The number of nitrogens with zero attached hydrogens (tertiary/aromatic N) is 3. The maximum atomic E-state index is 5.13. The first kappa shape index (κ1) is 9.84. The van der Waals surface area contributed by atoms with Crippen LogP contribution in [0.2, 0.25) is 0 Å². The van der Waals surface area contributed by atoms with E-state index in [0.29, 0.717) is 0 Å². The Kier molecular flexibility index (Phi) is 2.26. The van der Waals surface area contributed by atoms with Gasteiger partial charge in [0.25, 0.3) is 0 Å². The lowest BCUT2D eigenvalue weighted by Gasteiger charge is -2.03. The minimum Gasteiger partial charge on any atom is -0.497 e. The van der Waals surface area contributed by atoms with Crippen LogP contribution in [-0.4, -0.2) is 22.1 Å². The van der Waals surface area contributed by atoms with Gasteiger partial charge in [0, 0.05) is 0 Å². The van der Waals surface area contributed by atoms with Crippen LogP contribution in [0.3, 0.4) is 0 Å². The normalized spacial score (nSPS) is 10.6. The summed E-state index contributed by atoms with van der Waals surface area (Å²) in [6, 6.07) is 15.6. The molecule has 0 unspecified atom stereocenters. The van der Waals surface area contributed by atoms with Crippen LogP contribution in [0.25, 0.3) is 16.7 Å². The second-order valence-corrected chi connectivity index (χ2v) is 3.69. The molecule has 0 bridgehead atoms. The average Bonchev–Trinajstić information content (AvgIpc) is 2.83. The quantitative estimate of drug-likeness (QED) is 0.672.